The predicted octanol–water partition coefficient (Wildman–Crippen LogP) is 6.09. The minimum atomic E-state index is -4.43. The zero-order valence-electron chi connectivity index (χ0n) is 17.6. The molecule has 0 saturated heterocycles. The average molecular weight is 552 g/mol. The maximum atomic E-state index is 12.8. The molecule has 2 aliphatic rings. The summed E-state index contributed by atoms with van der Waals surface area (Å²) < 4.78 is 50.0. The van der Waals surface area contributed by atoms with Crippen LogP contribution in [0.4, 0.5) is 13.2 Å². The first-order valence-corrected chi connectivity index (χ1v) is 11.5. The highest BCUT2D eigenvalue weighted by Crippen LogP contribution is 2.34. The van der Waals surface area contributed by atoms with E-state index in [4.69, 9.17) is 14.9 Å². The largest absolute Gasteiger partial charge is 0.490 e. The number of amides is 1. The Labute approximate surface area is 205 Å². The number of hydrogen-bond acceptors (Lipinski definition) is 5. The van der Waals surface area contributed by atoms with E-state index in [9.17, 15) is 18.0 Å². The number of thioether (sulfide) groups is 1. The molecule has 2 aromatic rings. The summed E-state index contributed by atoms with van der Waals surface area (Å²) in [4.78, 5) is 19.0. The van der Waals surface area contributed by atoms with Gasteiger partial charge < -0.3 is 9.47 Å². The molecule has 0 bridgehead atoms. The number of alkyl halides is 3. The number of carbonyl (C=O) groups is 1. The van der Waals surface area contributed by atoms with Gasteiger partial charge in [0.25, 0.3) is 5.91 Å². The minimum Gasteiger partial charge on any atom is -0.490 e. The molecule has 2 aliphatic heterocycles. The third kappa shape index (κ3) is 5.36. The fourth-order valence-electron chi connectivity index (χ4n) is 3.17. The third-order valence-electron chi connectivity index (χ3n) is 4.73. The Kier molecular flexibility index (Phi) is 6.85. The number of nitrogens with zero attached hydrogens (tertiary/aromatic N) is 2. The quantitative estimate of drug-likeness (QED) is 0.347. The number of nitrogens with one attached hydrogen (secondary N) is 1. The van der Waals surface area contributed by atoms with E-state index < -0.39 is 17.6 Å². The van der Waals surface area contributed by atoms with Gasteiger partial charge in [-0.3, -0.25) is 15.1 Å². The van der Waals surface area contributed by atoms with Crippen LogP contribution < -0.4 is 9.47 Å². The van der Waals surface area contributed by atoms with E-state index in [1.165, 1.54) is 23.9 Å². The van der Waals surface area contributed by atoms with Crippen molar-refractivity contribution in [2.24, 2.45) is 4.99 Å². The van der Waals surface area contributed by atoms with E-state index in [0.29, 0.717) is 21.0 Å². The molecule has 2 heterocycles. The highest BCUT2D eigenvalue weighted by molar-refractivity contribution is 9.10. The van der Waals surface area contributed by atoms with Gasteiger partial charge >= 0.3 is 6.18 Å². The van der Waals surface area contributed by atoms with Crippen molar-refractivity contribution in [2.45, 2.75) is 13.1 Å². The average Bonchev–Trinajstić information content (AvgIpc) is 3.15. The summed E-state index contributed by atoms with van der Waals surface area (Å²) in [5, 5.41) is 8.83. The fraction of sp³-hybridized carbons (Fsp3) is 0.174. The lowest BCUT2D eigenvalue weighted by Gasteiger charge is -2.22. The van der Waals surface area contributed by atoms with Crippen LogP contribution in [-0.4, -0.2) is 35.0 Å². The zero-order chi connectivity index (χ0) is 24.5. The van der Waals surface area contributed by atoms with Crippen LogP contribution in [0.1, 0.15) is 18.1 Å². The molecule has 0 atom stereocenters. The van der Waals surface area contributed by atoms with E-state index in [-0.39, 0.29) is 30.4 Å². The number of fused-ring (bicyclic) bond motifs is 1. The van der Waals surface area contributed by atoms with Gasteiger partial charge in [0, 0.05) is 11.1 Å². The summed E-state index contributed by atoms with van der Waals surface area (Å²) in [5.74, 6) is 0.179. The number of allylic oxidation sites excluding steroid dienone is 1. The van der Waals surface area contributed by atoms with Crippen LogP contribution in [0.5, 0.6) is 11.5 Å². The fourth-order valence-corrected chi connectivity index (χ4v) is 4.49. The van der Waals surface area contributed by atoms with E-state index in [1.54, 1.807) is 35.4 Å². The van der Waals surface area contributed by atoms with E-state index >= 15 is 0 Å². The Balaban J connectivity index is 1.38. The maximum absolute atomic E-state index is 12.8. The van der Waals surface area contributed by atoms with Crippen molar-refractivity contribution in [1.82, 2.24) is 4.90 Å². The summed E-state index contributed by atoms with van der Waals surface area (Å²) in [5.41, 5.74) is 0.0588. The van der Waals surface area contributed by atoms with Crippen molar-refractivity contribution in [1.29, 1.82) is 5.41 Å². The number of rotatable bonds is 6. The summed E-state index contributed by atoms with van der Waals surface area (Å²) in [6, 6.07) is 9.78. The minimum absolute atomic E-state index is 0.0480. The number of benzene rings is 2. The second-order valence-electron chi connectivity index (χ2n) is 7.23. The van der Waals surface area contributed by atoms with Crippen LogP contribution in [0, 0.1) is 5.41 Å². The number of halogens is 4. The molecule has 11 heteroatoms. The summed E-state index contributed by atoms with van der Waals surface area (Å²) in [7, 11) is 0. The van der Waals surface area contributed by atoms with Crippen molar-refractivity contribution in [3.8, 4) is 11.5 Å². The number of carbonyl (C=O) groups excluding carboxylic acids is 1. The monoisotopic (exact) mass is 551 g/mol. The Morgan fingerprint density at radius 1 is 1.18 bits per heavy atom. The molecule has 1 N–H and O–H groups in total. The lowest BCUT2D eigenvalue weighted by atomic mass is 10.1. The SMILES string of the molecule is CC1=CN2C(=N)/C(=C/c3ccc(OCCOc4cccc(C(F)(F)F)c4)c(Br)c3)C(=O)N=C2S1. The summed E-state index contributed by atoms with van der Waals surface area (Å²) >= 11 is 4.76. The molecule has 4 rings (SSSR count). The van der Waals surface area contributed by atoms with Gasteiger partial charge in [-0.1, -0.05) is 23.9 Å². The van der Waals surface area contributed by atoms with Crippen molar-refractivity contribution in [3.63, 3.8) is 0 Å². The first kappa shape index (κ1) is 24.1. The molecule has 1 amide bonds. The van der Waals surface area contributed by atoms with Crippen molar-refractivity contribution >= 4 is 50.7 Å². The molecule has 6 nitrogen and oxygen atoms in total. The summed E-state index contributed by atoms with van der Waals surface area (Å²) in [6.45, 7) is 2.04. The normalized spacial score (nSPS) is 17.0. The molecule has 0 aliphatic carbocycles. The molecule has 0 spiro atoms. The topological polar surface area (TPSA) is 75.0 Å². The zero-order valence-corrected chi connectivity index (χ0v) is 20.1. The van der Waals surface area contributed by atoms with E-state index in [1.807, 2.05) is 6.92 Å². The van der Waals surface area contributed by atoms with Crippen molar-refractivity contribution in [2.75, 3.05) is 13.2 Å². The number of amidine groups is 2. The van der Waals surface area contributed by atoms with Gasteiger partial charge in [0.1, 0.15) is 30.5 Å². The molecule has 34 heavy (non-hydrogen) atoms. The molecule has 0 saturated carbocycles. The first-order valence-electron chi connectivity index (χ1n) is 9.93. The Morgan fingerprint density at radius 3 is 2.68 bits per heavy atom. The third-order valence-corrected chi connectivity index (χ3v) is 6.25. The molecule has 0 unspecified atom stereocenters. The van der Waals surface area contributed by atoms with Crippen molar-refractivity contribution in [3.05, 3.63) is 74.7 Å². The number of ether oxygens (including phenoxy) is 2. The maximum Gasteiger partial charge on any atom is 0.416 e. The second kappa shape index (κ2) is 9.67. The van der Waals surface area contributed by atoms with Crippen LogP contribution in [0.25, 0.3) is 6.08 Å². The molecule has 0 fully saturated rings. The highest BCUT2D eigenvalue weighted by atomic mass is 79.9. The lowest BCUT2D eigenvalue weighted by Crippen LogP contribution is -2.35. The number of hydrogen-bond donors (Lipinski definition) is 1. The smallest absolute Gasteiger partial charge is 0.416 e. The molecule has 2 aromatic carbocycles. The van der Waals surface area contributed by atoms with Gasteiger partial charge in [0.15, 0.2) is 5.17 Å². The van der Waals surface area contributed by atoms with Gasteiger partial charge in [-0.15, -0.1) is 0 Å². The first-order chi connectivity index (χ1) is 16.1. The van der Waals surface area contributed by atoms with Crippen LogP contribution in [-0.2, 0) is 11.0 Å². The summed E-state index contributed by atoms with van der Waals surface area (Å²) in [6.07, 6.45) is -1.08. The van der Waals surface area contributed by atoms with Crippen molar-refractivity contribution < 1.29 is 27.4 Å². The Hall–Kier alpha value is -3.05. The van der Waals surface area contributed by atoms with Gasteiger partial charge in [-0.25, -0.2) is 0 Å². The number of aliphatic imine (C=N–C) groups is 1. The highest BCUT2D eigenvalue weighted by Gasteiger charge is 2.33. The Morgan fingerprint density at radius 2 is 1.94 bits per heavy atom. The Bertz CT molecular complexity index is 1260. The van der Waals surface area contributed by atoms with E-state index in [0.717, 1.165) is 17.0 Å². The van der Waals surface area contributed by atoms with Gasteiger partial charge in [0.05, 0.1) is 15.6 Å². The molecular weight excluding hydrogens is 535 g/mol. The molecular formula is C23H17BrF3N3O3S. The lowest BCUT2D eigenvalue weighted by molar-refractivity contribution is -0.137. The molecule has 0 aromatic heterocycles. The van der Waals surface area contributed by atoms with E-state index in [2.05, 4.69) is 20.9 Å². The predicted molar refractivity (Wildman–Crippen MR) is 128 cm³/mol. The van der Waals surface area contributed by atoms with Crippen LogP contribution in [0.15, 0.2) is 68.6 Å². The second-order valence-corrected chi connectivity index (χ2v) is 9.30. The van der Waals surface area contributed by atoms with Gasteiger partial charge in [0.2, 0.25) is 0 Å². The van der Waals surface area contributed by atoms with Crippen LogP contribution >= 0.6 is 27.7 Å². The van der Waals surface area contributed by atoms with Crippen LogP contribution in [0.3, 0.4) is 0 Å². The standard InChI is InChI=1S/C23H17BrF3N3O3S/c1-13-12-30-20(28)17(21(31)29-22(30)34-13)9-14-5-6-19(18(24)10-14)33-8-7-32-16-4-2-3-15(11-16)23(25,26)27/h2-6,9-12,28H,7-8H2,1H3/b17-9-,28-20?. The van der Waals surface area contributed by atoms with Gasteiger partial charge in [-0.2, -0.15) is 18.2 Å². The molecule has 176 valence electrons. The van der Waals surface area contributed by atoms with Crippen LogP contribution in [0.2, 0.25) is 0 Å². The van der Waals surface area contributed by atoms with Gasteiger partial charge in [-0.05, 0) is 64.8 Å². The molecule has 0 radical (unpaired) electrons.